The first kappa shape index (κ1) is 10.4. The third-order valence-electron chi connectivity index (χ3n) is 1.32. The van der Waals surface area contributed by atoms with Crippen LogP contribution in [0.1, 0.15) is 10.4 Å². The van der Waals surface area contributed by atoms with Crippen LogP contribution in [-0.2, 0) is 9.88 Å². The van der Waals surface area contributed by atoms with Gasteiger partial charge in [0.1, 0.15) is 0 Å². The quantitative estimate of drug-likeness (QED) is 0.522. The number of carbonyl (C=O) groups is 1. The second kappa shape index (κ2) is 5.15. The molecule has 1 N–H and O–H groups in total. The number of amides is 1. The lowest BCUT2D eigenvalue weighted by atomic mass is 10.2. The second-order valence-corrected chi connectivity index (χ2v) is 3.43. The first-order chi connectivity index (χ1) is 6.24. The van der Waals surface area contributed by atoms with Crippen molar-refractivity contribution in [3.63, 3.8) is 0 Å². The molecule has 4 nitrogen and oxygen atoms in total. The van der Waals surface area contributed by atoms with E-state index in [1.165, 1.54) is 7.11 Å². The van der Waals surface area contributed by atoms with Gasteiger partial charge >= 0.3 is 0 Å². The van der Waals surface area contributed by atoms with Crippen LogP contribution in [0.3, 0.4) is 0 Å². The minimum atomic E-state index is -0.335. The molecule has 0 heterocycles. The largest absolute Gasteiger partial charge is 0.277 e. The molecule has 1 amide bonds. The number of carbonyl (C=O) groups excluding carboxylic acids is 1. The molecule has 0 fully saturated rings. The second-order valence-electron chi connectivity index (χ2n) is 2.19. The minimum absolute atomic E-state index is 0.335. The predicted octanol–water partition coefficient (Wildman–Crippen LogP) is 1.51. The molecule has 0 radical (unpaired) electrons. The Bertz CT molecular complexity index is 286. The van der Waals surface area contributed by atoms with Gasteiger partial charge in [-0.15, -0.1) is 4.99 Å². The molecule has 0 aromatic heterocycles. The van der Waals surface area contributed by atoms with Gasteiger partial charge < -0.3 is 0 Å². The topological polar surface area (TPSA) is 47.6 Å². The maximum atomic E-state index is 11.2. The van der Waals surface area contributed by atoms with Crippen molar-refractivity contribution in [2.24, 2.45) is 0 Å². The highest BCUT2D eigenvalue weighted by molar-refractivity contribution is 14.1. The molecule has 0 atom stereocenters. The number of hydrogen-bond donors (Lipinski definition) is 1. The predicted molar refractivity (Wildman–Crippen MR) is 54.7 cm³/mol. The van der Waals surface area contributed by atoms with Gasteiger partial charge in [0.15, 0.2) is 0 Å². The third-order valence-corrected chi connectivity index (χ3v) is 2.04. The highest BCUT2D eigenvalue weighted by Gasteiger charge is 2.03. The fourth-order valence-corrected chi connectivity index (χ4v) is 1.10. The van der Waals surface area contributed by atoms with Crippen LogP contribution in [-0.4, -0.2) is 13.0 Å². The van der Waals surface area contributed by atoms with Crippen molar-refractivity contribution >= 4 is 28.5 Å². The lowest BCUT2D eigenvalue weighted by Crippen LogP contribution is -2.23. The molecular weight excluding hydrogens is 285 g/mol. The average Bonchev–Trinajstić information content (AvgIpc) is 2.15. The van der Waals surface area contributed by atoms with Crippen molar-refractivity contribution in [3.05, 3.63) is 33.4 Å². The summed E-state index contributed by atoms with van der Waals surface area (Å²) in [6, 6.07) is 7.08. The van der Waals surface area contributed by atoms with Gasteiger partial charge in [-0.1, -0.05) is 0 Å². The van der Waals surface area contributed by atoms with Crippen molar-refractivity contribution in [2.75, 3.05) is 7.11 Å². The Morgan fingerprint density at radius 2 is 2.00 bits per heavy atom. The summed E-state index contributed by atoms with van der Waals surface area (Å²) in [6.45, 7) is 0. The van der Waals surface area contributed by atoms with Gasteiger partial charge in [-0.3, -0.25) is 4.79 Å². The fourth-order valence-electron chi connectivity index (χ4n) is 0.740. The Morgan fingerprint density at radius 1 is 1.38 bits per heavy atom. The van der Waals surface area contributed by atoms with E-state index in [1.807, 2.05) is 12.1 Å². The van der Waals surface area contributed by atoms with Crippen LogP contribution in [0, 0.1) is 3.57 Å². The standard InChI is InChI=1S/C8H8INO3/c1-12-13-10-8(11)6-2-4-7(9)5-3-6/h2-5H,1H3,(H,10,11). The van der Waals surface area contributed by atoms with Crippen LogP contribution >= 0.6 is 22.6 Å². The van der Waals surface area contributed by atoms with E-state index in [1.54, 1.807) is 12.1 Å². The third kappa shape index (κ3) is 3.29. The highest BCUT2D eigenvalue weighted by Crippen LogP contribution is 2.06. The molecule has 13 heavy (non-hydrogen) atoms. The summed E-state index contributed by atoms with van der Waals surface area (Å²) < 4.78 is 1.07. The number of benzene rings is 1. The van der Waals surface area contributed by atoms with Gasteiger partial charge in [-0.25, -0.2) is 4.89 Å². The van der Waals surface area contributed by atoms with Crippen molar-refractivity contribution < 1.29 is 14.7 Å². The van der Waals surface area contributed by atoms with Crippen molar-refractivity contribution in [3.8, 4) is 0 Å². The summed E-state index contributed by atoms with van der Waals surface area (Å²) >= 11 is 2.16. The van der Waals surface area contributed by atoms with Gasteiger partial charge in [0.05, 0.1) is 7.11 Å². The Hall–Kier alpha value is -0.660. The molecule has 0 aliphatic rings. The van der Waals surface area contributed by atoms with Crippen molar-refractivity contribution in [1.82, 2.24) is 5.48 Å². The summed E-state index contributed by atoms with van der Waals surface area (Å²) in [6.07, 6.45) is 0. The van der Waals surface area contributed by atoms with Gasteiger partial charge in [0, 0.05) is 9.13 Å². The molecule has 5 heteroatoms. The van der Waals surface area contributed by atoms with E-state index in [0.29, 0.717) is 5.56 Å². The maximum absolute atomic E-state index is 11.2. The van der Waals surface area contributed by atoms with Crippen LogP contribution in [0.4, 0.5) is 0 Å². The Morgan fingerprint density at radius 3 is 2.54 bits per heavy atom. The molecule has 0 saturated heterocycles. The Labute approximate surface area is 89.2 Å². The zero-order valence-electron chi connectivity index (χ0n) is 6.91. The maximum Gasteiger partial charge on any atom is 0.277 e. The van der Waals surface area contributed by atoms with E-state index in [9.17, 15) is 4.79 Å². The molecule has 0 aliphatic carbocycles. The summed E-state index contributed by atoms with van der Waals surface area (Å²) in [7, 11) is 1.31. The number of rotatable bonds is 3. The van der Waals surface area contributed by atoms with E-state index in [0.717, 1.165) is 3.57 Å². The number of halogens is 1. The van der Waals surface area contributed by atoms with E-state index in [2.05, 4.69) is 37.9 Å². The Balaban J connectivity index is 2.61. The lowest BCUT2D eigenvalue weighted by molar-refractivity contribution is -0.304. The van der Waals surface area contributed by atoms with E-state index >= 15 is 0 Å². The summed E-state index contributed by atoms with van der Waals surface area (Å²) in [5.41, 5.74) is 2.63. The van der Waals surface area contributed by atoms with E-state index < -0.39 is 0 Å². The van der Waals surface area contributed by atoms with Crippen molar-refractivity contribution in [1.29, 1.82) is 0 Å². The minimum Gasteiger partial charge on any atom is -0.267 e. The van der Waals surface area contributed by atoms with E-state index in [4.69, 9.17) is 0 Å². The molecule has 0 aliphatic heterocycles. The SMILES string of the molecule is COONC(=O)c1ccc(I)cc1. The zero-order chi connectivity index (χ0) is 9.68. The highest BCUT2D eigenvalue weighted by atomic mass is 127. The van der Waals surface area contributed by atoms with Crippen LogP contribution in [0.15, 0.2) is 24.3 Å². The van der Waals surface area contributed by atoms with E-state index in [-0.39, 0.29) is 5.91 Å². The summed E-state index contributed by atoms with van der Waals surface area (Å²) in [5.74, 6) is -0.335. The number of hydroxylamine groups is 1. The van der Waals surface area contributed by atoms with Crippen LogP contribution in [0.25, 0.3) is 0 Å². The average molecular weight is 293 g/mol. The molecule has 0 bridgehead atoms. The number of nitrogens with one attached hydrogen (secondary N) is 1. The fraction of sp³-hybridized carbons (Fsp3) is 0.125. The van der Waals surface area contributed by atoms with Crippen molar-refractivity contribution in [2.45, 2.75) is 0 Å². The van der Waals surface area contributed by atoms with Gasteiger partial charge in [-0.05, 0) is 46.9 Å². The molecule has 0 unspecified atom stereocenters. The summed E-state index contributed by atoms with van der Waals surface area (Å²) in [5, 5.41) is 0. The molecule has 70 valence electrons. The first-order valence-corrected chi connectivity index (χ1v) is 4.57. The molecule has 0 spiro atoms. The van der Waals surface area contributed by atoms with Crippen LogP contribution < -0.4 is 5.48 Å². The number of hydrogen-bond acceptors (Lipinski definition) is 3. The monoisotopic (exact) mass is 293 g/mol. The Kier molecular flexibility index (Phi) is 4.13. The molecule has 1 rings (SSSR count). The van der Waals surface area contributed by atoms with Gasteiger partial charge in [0.25, 0.3) is 5.91 Å². The molecule has 0 saturated carbocycles. The smallest absolute Gasteiger partial charge is 0.267 e. The normalized spacial score (nSPS) is 9.69. The molecule has 1 aromatic carbocycles. The van der Waals surface area contributed by atoms with Crippen LogP contribution in [0.2, 0.25) is 0 Å². The van der Waals surface area contributed by atoms with Gasteiger partial charge in [-0.2, -0.15) is 5.48 Å². The lowest BCUT2D eigenvalue weighted by Gasteiger charge is -2.01. The van der Waals surface area contributed by atoms with Crippen LogP contribution in [0.5, 0.6) is 0 Å². The first-order valence-electron chi connectivity index (χ1n) is 3.49. The summed E-state index contributed by atoms with van der Waals surface area (Å²) in [4.78, 5) is 19.7. The molecular formula is C8H8INO3. The zero-order valence-corrected chi connectivity index (χ0v) is 9.07. The van der Waals surface area contributed by atoms with Gasteiger partial charge in [0.2, 0.25) is 0 Å². The molecule has 1 aromatic rings.